The number of hydrogen-bond acceptors (Lipinski definition) is 4. The van der Waals surface area contributed by atoms with Gasteiger partial charge in [-0.15, -0.1) is 12.4 Å². The maximum Gasteiger partial charge on any atom is 0.172 e. The van der Waals surface area contributed by atoms with Crippen LogP contribution in [-0.2, 0) is 0 Å². The zero-order valence-electron chi connectivity index (χ0n) is 11.3. The van der Waals surface area contributed by atoms with Crippen molar-refractivity contribution in [1.82, 2.24) is 15.3 Å². The Balaban J connectivity index is 0.00000147. The van der Waals surface area contributed by atoms with Crippen LogP contribution in [0.5, 0.6) is 0 Å². The molecule has 2 aromatic rings. The zero-order chi connectivity index (χ0) is 13.2. The van der Waals surface area contributed by atoms with E-state index in [1.54, 1.807) is 0 Å². The van der Waals surface area contributed by atoms with E-state index < -0.39 is 0 Å². The van der Waals surface area contributed by atoms with Crippen LogP contribution in [0.2, 0.25) is 5.15 Å². The molecule has 0 amide bonds. The van der Waals surface area contributed by atoms with Gasteiger partial charge in [-0.2, -0.15) is 0 Å². The number of rotatable bonds is 3. The van der Waals surface area contributed by atoms with Crippen molar-refractivity contribution in [1.29, 1.82) is 0 Å². The molecule has 1 aliphatic heterocycles. The van der Waals surface area contributed by atoms with Gasteiger partial charge in [-0.25, -0.2) is 9.97 Å². The third kappa shape index (κ3) is 3.14. The van der Waals surface area contributed by atoms with Crippen molar-refractivity contribution in [2.75, 3.05) is 31.6 Å². The van der Waals surface area contributed by atoms with E-state index in [2.05, 4.69) is 20.2 Å². The summed E-state index contributed by atoms with van der Waals surface area (Å²) in [7, 11) is 2.03. The predicted molar refractivity (Wildman–Crippen MR) is 86.0 cm³/mol. The van der Waals surface area contributed by atoms with Gasteiger partial charge in [0.25, 0.3) is 0 Å². The number of aromatic nitrogens is 2. The highest BCUT2D eigenvalue weighted by Crippen LogP contribution is 2.25. The fourth-order valence-corrected chi connectivity index (χ4v) is 2.83. The first kappa shape index (κ1) is 15.3. The highest BCUT2D eigenvalue weighted by atomic mass is 35.5. The summed E-state index contributed by atoms with van der Waals surface area (Å²) in [6, 6.07) is 7.81. The minimum atomic E-state index is 0. The number of hydrogen-bond donors (Lipinski definition) is 1. The maximum absolute atomic E-state index is 6.25. The number of nitrogens with one attached hydrogen (secondary N) is 1. The van der Waals surface area contributed by atoms with Crippen LogP contribution in [0, 0.1) is 5.92 Å². The predicted octanol–water partition coefficient (Wildman–Crippen LogP) is 2.75. The molecule has 2 heterocycles. The minimum Gasteiger partial charge on any atom is -0.357 e. The maximum atomic E-state index is 6.25. The SMILES string of the molecule is CN(CC1CCNC1)c1nc2ccccc2nc1Cl.Cl. The van der Waals surface area contributed by atoms with E-state index in [-0.39, 0.29) is 12.4 Å². The first-order valence-corrected chi connectivity index (χ1v) is 6.96. The molecule has 0 bridgehead atoms. The molecule has 1 aromatic heterocycles. The molecule has 1 aliphatic rings. The Morgan fingerprint density at radius 1 is 1.30 bits per heavy atom. The lowest BCUT2D eigenvalue weighted by Gasteiger charge is -2.22. The largest absolute Gasteiger partial charge is 0.357 e. The van der Waals surface area contributed by atoms with Crippen LogP contribution in [0.15, 0.2) is 24.3 Å². The molecule has 0 spiro atoms. The standard InChI is InChI=1S/C14H17ClN4.ClH/c1-19(9-10-6-7-16-8-10)14-13(15)17-11-4-2-3-5-12(11)18-14;/h2-5,10,16H,6-9H2,1H3;1H. The quantitative estimate of drug-likeness (QED) is 0.946. The van der Waals surface area contributed by atoms with Gasteiger partial charge < -0.3 is 10.2 Å². The van der Waals surface area contributed by atoms with E-state index in [1.807, 2.05) is 31.3 Å². The molecule has 1 N–H and O–H groups in total. The van der Waals surface area contributed by atoms with Crippen molar-refractivity contribution in [3.8, 4) is 0 Å². The van der Waals surface area contributed by atoms with Crippen LogP contribution in [0.4, 0.5) is 5.82 Å². The fourth-order valence-electron chi connectivity index (χ4n) is 2.56. The second kappa shape index (κ2) is 6.57. The lowest BCUT2D eigenvalue weighted by Crippen LogP contribution is -2.27. The third-order valence-electron chi connectivity index (χ3n) is 3.57. The van der Waals surface area contributed by atoms with Gasteiger partial charge in [-0.3, -0.25) is 0 Å². The lowest BCUT2D eigenvalue weighted by atomic mass is 10.1. The molecule has 108 valence electrons. The second-order valence-electron chi connectivity index (χ2n) is 5.07. The van der Waals surface area contributed by atoms with Gasteiger partial charge in [0.05, 0.1) is 11.0 Å². The Hall–Kier alpha value is -1.10. The van der Waals surface area contributed by atoms with E-state index in [4.69, 9.17) is 11.6 Å². The molecule has 3 rings (SSSR count). The molecule has 0 radical (unpaired) electrons. The molecule has 1 atom stereocenters. The highest BCUT2D eigenvalue weighted by molar-refractivity contribution is 6.32. The van der Waals surface area contributed by atoms with Crippen LogP contribution >= 0.6 is 24.0 Å². The van der Waals surface area contributed by atoms with Gasteiger partial charge in [0, 0.05) is 13.6 Å². The van der Waals surface area contributed by atoms with Crippen molar-refractivity contribution in [2.24, 2.45) is 5.92 Å². The number of anilines is 1. The second-order valence-corrected chi connectivity index (χ2v) is 5.42. The summed E-state index contributed by atoms with van der Waals surface area (Å²) in [5.74, 6) is 1.43. The topological polar surface area (TPSA) is 41.0 Å². The van der Waals surface area contributed by atoms with Crippen LogP contribution in [0.1, 0.15) is 6.42 Å². The van der Waals surface area contributed by atoms with Crippen LogP contribution in [-0.4, -0.2) is 36.6 Å². The smallest absolute Gasteiger partial charge is 0.172 e. The zero-order valence-corrected chi connectivity index (χ0v) is 12.9. The van der Waals surface area contributed by atoms with Gasteiger partial charge in [0.15, 0.2) is 11.0 Å². The molecule has 1 fully saturated rings. The van der Waals surface area contributed by atoms with Gasteiger partial charge in [0.2, 0.25) is 0 Å². The Labute approximate surface area is 130 Å². The number of fused-ring (bicyclic) bond motifs is 1. The van der Waals surface area contributed by atoms with Crippen molar-refractivity contribution < 1.29 is 0 Å². The van der Waals surface area contributed by atoms with E-state index >= 15 is 0 Å². The molecule has 1 saturated heterocycles. The summed E-state index contributed by atoms with van der Waals surface area (Å²) >= 11 is 6.25. The number of benzene rings is 1. The van der Waals surface area contributed by atoms with Gasteiger partial charge in [-0.05, 0) is 37.6 Å². The van der Waals surface area contributed by atoms with Crippen molar-refractivity contribution in [3.05, 3.63) is 29.4 Å². The number of nitrogens with zero attached hydrogens (tertiary/aromatic N) is 3. The number of halogens is 2. The first-order chi connectivity index (χ1) is 9.24. The van der Waals surface area contributed by atoms with Crippen molar-refractivity contribution in [2.45, 2.75) is 6.42 Å². The molecular weight excluding hydrogens is 295 g/mol. The summed E-state index contributed by atoms with van der Waals surface area (Å²) in [6.45, 7) is 3.14. The summed E-state index contributed by atoms with van der Waals surface area (Å²) in [4.78, 5) is 11.2. The molecule has 1 unspecified atom stereocenters. The number of para-hydroxylation sites is 2. The van der Waals surface area contributed by atoms with E-state index in [9.17, 15) is 0 Å². The van der Waals surface area contributed by atoms with Crippen LogP contribution in [0.25, 0.3) is 11.0 Å². The monoisotopic (exact) mass is 312 g/mol. The highest BCUT2D eigenvalue weighted by Gasteiger charge is 2.19. The molecule has 0 aliphatic carbocycles. The Morgan fingerprint density at radius 3 is 2.65 bits per heavy atom. The average molecular weight is 313 g/mol. The van der Waals surface area contributed by atoms with E-state index in [0.717, 1.165) is 36.5 Å². The summed E-state index contributed by atoms with van der Waals surface area (Å²) in [5, 5.41) is 3.86. The Bertz CT molecular complexity index is 584. The molecule has 0 saturated carbocycles. The molecule has 4 nitrogen and oxygen atoms in total. The van der Waals surface area contributed by atoms with Crippen molar-refractivity contribution in [3.63, 3.8) is 0 Å². The first-order valence-electron chi connectivity index (χ1n) is 6.58. The van der Waals surface area contributed by atoms with Crippen molar-refractivity contribution >= 4 is 40.9 Å². The fraction of sp³-hybridized carbons (Fsp3) is 0.429. The Kier molecular flexibility index (Phi) is 5.02. The summed E-state index contributed by atoms with van der Waals surface area (Å²) < 4.78 is 0. The third-order valence-corrected chi connectivity index (χ3v) is 3.82. The summed E-state index contributed by atoms with van der Waals surface area (Å²) in [6.07, 6.45) is 1.21. The van der Waals surface area contributed by atoms with Crippen LogP contribution in [0.3, 0.4) is 0 Å². The molecule has 20 heavy (non-hydrogen) atoms. The Morgan fingerprint density at radius 2 is 2.00 bits per heavy atom. The average Bonchev–Trinajstić information content (AvgIpc) is 2.90. The van der Waals surface area contributed by atoms with Crippen LogP contribution < -0.4 is 10.2 Å². The van der Waals surface area contributed by atoms with E-state index in [0.29, 0.717) is 11.1 Å². The normalized spacial score (nSPS) is 18.0. The molecule has 1 aromatic carbocycles. The molecular formula is C14H18Cl2N4. The van der Waals surface area contributed by atoms with E-state index in [1.165, 1.54) is 6.42 Å². The van der Waals surface area contributed by atoms with Gasteiger partial charge in [-0.1, -0.05) is 23.7 Å². The van der Waals surface area contributed by atoms with Gasteiger partial charge in [0.1, 0.15) is 0 Å². The van der Waals surface area contributed by atoms with Gasteiger partial charge >= 0.3 is 0 Å². The lowest BCUT2D eigenvalue weighted by molar-refractivity contribution is 0.576. The molecule has 6 heteroatoms. The minimum absolute atomic E-state index is 0. The summed E-state index contributed by atoms with van der Waals surface area (Å²) in [5.41, 5.74) is 1.73.